The van der Waals surface area contributed by atoms with Gasteiger partial charge in [0.25, 0.3) is 16.8 Å². The predicted molar refractivity (Wildman–Crippen MR) is 256 cm³/mol. The molecule has 70 heavy (non-hydrogen) atoms. The molecule has 0 aliphatic carbocycles. The van der Waals surface area contributed by atoms with Crippen molar-refractivity contribution >= 4 is 23.9 Å². The van der Waals surface area contributed by atoms with Gasteiger partial charge in [-0.15, -0.1) is 0 Å². The molecule has 0 bridgehead atoms. The van der Waals surface area contributed by atoms with Gasteiger partial charge in [0, 0.05) is 53.7 Å². The summed E-state index contributed by atoms with van der Waals surface area (Å²) in [6.07, 6.45) is -4.44. The average Bonchev–Trinajstić information content (AvgIpc) is 3.94. The molecule has 2 aliphatic heterocycles. The number of rotatable bonds is 19. The van der Waals surface area contributed by atoms with E-state index in [2.05, 4.69) is 9.97 Å². The maximum atomic E-state index is 15.4. The molecular formula is C48H50N5O15PS. The fraction of sp³-hybridized carbons (Fsp3) is 0.333. The van der Waals surface area contributed by atoms with Crippen LogP contribution in [-0.2, 0) is 39.2 Å². The van der Waals surface area contributed by atoms with E-state index in [-0.39, 0.29) is 47.6 Å². The zero-order chi connectivity index (χ0) is 49.7. The number of aryl methyl sites for hydroxylation is 2. The number of para-hydroxylation sites is 1. The van der Waals surface area contributed by atoms with Gasteiger partial charge in [0.05, 0.1) is 38.5 Å². The van der Waals surface area contributed by atoms with Gasteiger partial charge >= 0.3 is 18.2 Å². The number of benzene rings is 4. The summed E-state index contributed by atoms with van der Waals surface area (Å²) in [4.78, 5) is 66.7. The third-order valence-electron chi connectivity index (χ3n) is 12.2. The molecule has 0 radical (unpaired) electrons. The number of H-pyrrole nitrogens is 2. The number of aromatic amines is 2. The van der Waals surface area contributed by atoms with Gasteiger partial charge in [-0.1, -0.05) is 72.8 Å². The predicted octanol–water partition coefficient (Wildman–Crippen LogP) is 6.02. The van der Waals surface area contributed by atoms with Crippen LogP contribution in [0.15, 0.2) is 135 Å². The summed E-state index contributed by atoms with van der Waals surface area (Å²) in [6, 6.07) is 30.0. The molecular weight excluding hydrogens is 950 g/mol. The number of aliphatic hydroxyl groups is 1. The molecule has 4 heterocycles. The Morgan fingerprint density at radius 3 is 1.81 bits per heavy atom. The van der Waals surface area contributed by atoms with Crippen LogP contribution in [0, 0.1) is 24.0 Å². The minimum Gasteiger partial charge on any atom is -0.497 e. The van der Waals surface area contributed by atoms with E-state index in [1.807, 2.05) is 54.6 Å². The molecule has 2 aliphatic rings. The maximum Gasteiger partial charge on any atom is 0.389 e. The van der Waals surface area contributed by atoms with Crippen molar-refractivity contribution < 1.29 is 47.3 Å². The van der Waals surface area contributed by atoms with Crippen LogP contribution >= 0.6 is 18.2 Å². The summed E-state index contributed by atoms with van der Waals surface area (Å²) < 4.78 is 61.2. The van der Waals surface area contributed by atoms with E-state index in [1.54, 1.807) is 44.6 Å². The first kappa shape index (κ1) is 50.0. The molecule has 2 aromatic heterocycles. The van der Waals surface area contributed by atoms with Crippen LogP contribution in [0.4, 0.5) is 5.69 Å². The normalized spacial score (nSPS) is 21.0. The Balaban J connectivity index is 1.17. The van der Waals surface area contributed by atoms with Crippen LogP contribution in [-0.4, -0.2) is 81.0 Å². The lowest BCUT2D eigenvalue weighted by Gasteiger charge is -2.37. The minimum absolute atomic E-state index is 0.0929. The van der Waals surface area contributed by atoms with Crippen molar-refractivity contribution in [3.8, 4) is 11.5 Å². The van der Waals surface area contributed by atoms with Crippen molar-refractivity contribution in [2.45, 2.75) is 74.9 Å². The number of nitro benzene ring substituents is 1. The number of hydrogen-bond donors (Lipinski definition) is 3. The van der Waals surface area contributed by atoms with Crippen LogP contribution in [0.3, 0.4) is 0 Å². The molecule has 368 valence electrons. The number of aromatic nitrogens is 4. The Labute approximate surface area is 403 Å². The van der Waals surface area contributed by atoms with Crippen molar-refractivity contribution in [2.75, 3.05) is 27.4 Å². The molecule has 3 N–H and O–H groups in total. The molecule has 2 saturated heterocycles. The highest BCUT2D eigenvalue weighted by atomic mass is 32.7. The van der Waals surface area contributed by atoms with Gasteiger partial charge in [-0.25, -0.2) is 14.2 Å². The summed E-state index contributed by atoms with van der Waals surface area (Å²) in [5, 5.41) is 23.2. The highest BCUT2D eigenvalue weighted by molar-refractivity contribution is 8.54. The third-order valence-corrected chi connectivity index (χ3v) is 15.8. The standard InChI is InChI=1S/C48H50N5O15PS/c1-29-24-51(46(57)49-44(29)55)42-22-38(54)40(66-42)27-65-69(61,70-28-31-10-8-9-13-37(31)53(59)60)68-39-23-43(52-25-30(2)45(56)50-47(52)58)67-41(39)26-64-48(32-11-6-5-7-12-32,33-14-18-35(62-3)19-15-33)34-16-20-36(63-4)21-17-34/h5-21,24-25,38-43,54H,22-23,26-28H2,1-4H3,(H,49,55,57)(H,50,56,58)/t38-,39-,40+,41+,42+,43+,69?/m0/s1. The van der Waals surface area contributed by atoms with E-state index < -0.39 is 83.3 Å². The van der Waals surface area contributed by atoms with Crippen molar-refractivity contribution in [1.29, 1.82) is 0 Å². The molecule has 20 nitrogen and oxygen atoms in total. The van der Waals surface area contributed by atoms with Crippen molar-refractivity contribution in [2.24, 2.45) is 0 Å². The smallest absolute Gasteiger partial charge is 0.389 e. The summed E-state index contributed by atoms with van der Waals surface area (Å²) in [6.45, 7) is -2.33. The Bertz CT molecular complexity index is 3060. The molecule has 1 unspecified atom stereocenters. The number of ether oxygens (including phenoxy) is 5. The Morgan fingerprint density at radius 2 is 1.26 bits per heavy atom. The van der Waals surface area contributed by atoms with Crippen LogP contribution in [0.25, 0.3) is 0 Å². The van der Waals surface area contributed by atoms with E-state index in [9.17, 15) is 34.4 Å². The second-order valence-corrected chi connectivity index (χ2v) is 20.6. The van der Waals surface area contributed by atoms with E-state index in [0.29, 0.717) is 39.6 Å². The molecule has 7 atom stereocenters. The Kier molecular flexibility index (Phi) is 15.2. The van der Waals surface area contributed by atoms with Gasteiger partial charge in [0.1, 0.15) is 47.9 Å². The molecule has 0 amide bonds. The zero-order valence-corrected chi connectivity index (χ0v) is 40.0. The van der Waals surface area contributed by atoms with Gasteiger partial charge in [-0.05, 0) is 66.2 Å². The molecule has 2 fully saturated rings. The van der Waals surface area contributed by atoms with Crippen molar-refractivity contribution in [3.05, 3.63) is 201 Å². The molecule has 22 heteroatoms. The van der Waals surface area contributed by atoms with E-state index in [1.165, 1.54) is 49.0 Å². The second-order valence-electron chi connectivity index (χ2n) is 16.6. The first-order chi connectivity index (χ1) is 33.6. The molecule has 4 aromatic carbocycles. The SMILES string of the molecule is COc1ccc(C(OC[C@H]2O[C@@H](n3cc(C)c(=O)[nH]c3=O)C[C@@H]2OP(=O)(OC[C@H]2O[C@@H](n3cc(C)c(=O)[nH]c3=O)C[C@@H]2O)SCc2ccccc2[N+](=O)[O-])(c2ccccc2)c2ccc(OC)cc2)cc1. The molecule has 8 rings (SSSR count). The molecule has 0 spiro atoms. The molecule has 6 aromatic rings. The topological polar surface area (TPSA) is 255 Å². The summed E-state index contributed by atoms with van der Waals surface area (Å²) in [5.41, 5.74) is -1.59. The fourth-order valence-electron chi connectivity index (χ4n) is 8.44. The van der Waals surface area contributed by atoms with Crippen LogP contribution in [0.2, 0.25) is 0 Å². The first-order valence-electron chi connectivity index (χ1n) is 22.0. The fourth-order valence-corrected chi connectivity index (χ4v) is 11.9. The summed E-state index contributed by atoms with van der Waals surface area (Å²) in [5.74, 6) is 0.955. The minimum atomic E-state index is -4.54. The molecule has 0 saturated carbocycles. The lowest BCUT2D eigenvalue weighted by molar-refractivity contribution is -0.385. The first-order valence-corrected chi connectivity index (χ1v) is 25.2. The number of aliphatic hydroxyl groups excluding tert-OH is 1. The summed E-state index contributed by atoms with van der Waals surface area (Å²) in [7, 11) is 3.12. The highest BCUT2D eigenvalue weighted by Crippen LogP contribution is 2.64. The Hall–Kier alpha value is -6.42. The van der Waals surface area contributed by atoms with Crippen molar-refractivity contribution in [3.63, 3.8) is 0 Å². The van der Waals surface area contributed by atoms with E-state index >= 15 is 4.57 Å². The second kappa shape index (κ2) is 21.3. The zero-order valence-electron chi connectivity index (χ0n) is 38.3. The van der Waals surface area contributed by atoms with E-state index in [0.717, 1.165) is 4.57 Å². The number of nitro groups is 1. The van der Waals surface area contributed by atoms with Gasteiger partial charge in [0.2, 0.25) is 0 Å². The lowest BCUT2D eigenvalue weighted by atomic mass is 9.80. The van der Waals surface area contributed by atoms with Gasteiger partial charge in [-0.2, -0.15) is 0 Å². The quantitative estimate of drug-likeness (QED) is 0.0363. The number of hydrogen-bond acceptors (Lipinski definition) is 16. The van der Waals surface area contributed by atoms with Gasteiger partial charge < -0.3 is 28.8 Å². The maximum absolute atomic E-state index is 15.4. The monoisotopic (exact) mass is 999 g/mol. The van der Waals surface area contributed by atoms with Crippen LogP contribution < -0.4 is 32.0 Å². The summed E-state index contributed by atoms with van der Waals surface area (Å²) >= 11 is 0.649. The third kappa shape index (κ3) is 10.7. The number of methoxy groups -OCH3 is 2. The van der Waals surface area contributed by atoms with Gasteiger partial charge in [-0.3, -0.25) is 47.9 Å². The average molecular weight is 1000 g/mol. The largest absolute Gasteiger partial charge is 0.497 e. The van der Waals surface area contributed by atoms with Crippen LogP contribution in [0.5, 0.6) is 11.5 Å². The number of nitrogens with zero attached hydrogens (tertiary/aromatic N) is 3. The Morgan fingerprint density at radius 1 is 0.743 bits per heavy atom. The van der Waals surface area contributed by atoms with Crippen LogP contribution in [0.1, 0.15) is 58.7 Å². The van der Waals surface area contributed by atoms with Crippen molar-refractivity contribution in [1.82, 2.24) is 19.1 Å². The van der Waals surface area contributed by atoms with Gasteiger partial charge in [0.15, 0.2) is 0 Å². The lowest BCUT2D eigenvalue weighted by Crippen LogP contribution is -2.38. The number of nitrogens with one attached hydrogen (secondary N) is 2. The van der Waals surface area contributed by atoms with E-state index in [4.69, 9.17) is 32.7 Å². The highest BCUT2D eigenvalue weighted by Gasteiger charge is 2.47.